The Morgan fingerprint density at radius 3 is 2.80 bits per heavy atom. The highest BCUT2D eigenvalue weighted by molar-refractivity contribution is 6.43. The summed E-state index contributed by atoms with van der Waals surface area (Å²) in [7, 11) is 1.79. The van der Waals surface area contributed by atoms with Gasteiger partial charge in [-0.15, -0.1) is 0 Å². The molecule has 0 saturated heterocycles. The van der Waals surface area contributed by atoms with E-state index in [0.29, 0.717) is 28.7 Å². The van der Waals surface area contributed by atoms with Crippen molar-refractivity contribution < 1.29 is 4.79 Å². The van der Waals surface area contributed by atoms with Crippen LogP contribution in [0.5, 0.6) is 0 Å². The van der Waals surface area contributed by atoms with Gasteiger partial charge in [0.05, 0.1) is 15.7 Å². The number of hydrogen-bond acceptors (Lipinski definition) is 2. The Morgan fingerprint density at radius 2 is 2.13 bits per heavy atom. The van der Waals surface area contributed by atoms with Crippen LogP contribution in [-0.2, 0) is 4.79 Å². The summed E-state index contributed by atoms with van der Waals surface area (Å²) >= 11 is 11.7. The molecule has 0 unspecified atom stereocenters. The average Bonchev–Trinajstić information content (AvgIpc) is 2.22. The van der Waals surface area contributed by atoms with Gasteiger partial charge in [0, 0.05) is 13.0 Å². The molecule has 1 aromatic rings. The Morgan fingerprint density at radius 1 is 1.40 bits per heavy atom. The second-order valence-electron chi connectivity index (χ2n) is 3.00. The number of halogens is 2. The molecule has 0 heterocycles. The van der Waals surface area contributed by atoms with Crippen molar-refractivity contribution in [3.8, 4) is 0 Å². The van der Waals surface area contributed by atoms with Crippen LogP contribution in [0.2, 0.25) is 10.0 Å². The number of carbonyl (C=O) groups is 1. The van der Waals surface area contributed by atoms with E-state index in [9.17, 15) is 4.79 Å². The summed E-state index contributed by atoms with van der Waals surface area (Å²) in [6.45, 7) is 0.629. The quantitative estimate of drug-likeness (QED) is 0.858. The predicted molar refractivity (Wildman–Crippen MR) is 63.6 cm³/mol. The maximum Gasteiger partial charge on any atom is 0.225 e. The topological polar surface area (TPSA) is 41.1 Å². The van der Waals surface area contributed by atoms with Crippen LogP contribution in [0.25, 0.3) is 0 Å². The molecular formula is C10H12Cl2N2O. The van der Waals surface area contributed by atoms with E-state index in [1.54, 1.807) is 25.2 Å². The molecule has 3 nitrogen and oxygen atoms in total. The fourth-order valence-corrected chi connectivity index (χ4v) is 1.40. The van der Waals surface area contributed by atoms with Crippen LogP contribution in [-0.4, -0.2) is 19.5 Å². The largest absolute Gasteiger partial charge is 0.325 e. The average molecular weight is 247 g/mol. The first kappa shape index (κ1) is 12.3. The second-order valence-corrected chi connectivity index (χ2v) is 3.79. The van der Waals surface area contributed by atoms with Crippen LogP contribution >= 0.6 is 23.2 Å². The minimum atomic E-state index is -0.0893. The molecule has 0 saturated carbocycles. The number of amides is 1. The van der Waals surface area contributed by atoms with Gasteiger partial charge in [-0.25, -0.2) is 0 Å². The van der Waals surface area contributed by atoms with E-state index in [-0.39, 0.29) is 5.91 Å². The van der Waals surface area contributed by atoms with Gasteiger partial charge in [0.2, 0.25) is 5.91 Å². The molecule has 5 heteroatoms. The lowest BCUT2D eigenvalue weighted by Crippen LogP contribution is -2.18. The summed E-state index contributed by atoms with van der Waals surface area (Å²) in [5.41, 5.74) is 0.547. The van der Waals surface area contributed by atoms with E-state index < -0.39 is 0 Å². The fraction of sp³-hybridized carbons (Fsp3) is 0.300. The number of benzene rings is 1. The van der Waals surface area contributed by atoms with Crippen LogP contribution in [0.3, 0.4) is 0 Å². The van der Waals surface area contributed by atoms with E-state index in [2.05, 4.69) is 10.6 Å². The van der Waals surface area contributed by atoms with Gasteiger partial charge in [0.15, 0.2) is 0 Å². The highest BCUT2D eigenvalue weighted by atomic mass is 35.5. The summed E-state index contributed by atoms with van der Waals surface area (Å²) < 4.78 is 0. The van der Waals surface area contributed by atoms with Gasteiger partial charge in [-0.05, 0) is 19.2 Å². The number of rotatable bonds is 4. The van der Waals surface area contributed by atoms with Crippen LogP contribution in [0.15, 0.2) is 18.2 Å². The molecule has 0 aromatic heterocycles. The van der Waals surface area contributed by atoms with Gasteiger partial charge in [-0.1, -0.05) is 29.3 Å². The van der Waals surface area contributed by atoms with Crippen molar-refractivity contribution in [1.29, 1.82) is 0 Å². The monoisotopic (exact) mass is 246 g/mol. The Kier molecular flexibility index (Phi) is 4.88. The van der Waals surface area contributed by atoms with Crippen molar-refractivity contribution in [2.24, 2.45) is 0 Å². The standard InChI is InChI=1S/C10H12Cl2N2O/c1-13-6-5-9(15)14-8-4-2-3-7(11)10(8)12/h2-4,13H,5-6H2,1H3,(H,14,15). The van der Waals surface area contributed by atoms with Crippen LogP contribution < -0.4 is 10.6 Å². The van der Waals surface area contributed by atoms with Gasteiger partial charge < -0.3 is 10.6 Å². The van der Waals surface area contributed by atoms with Gasteiger partial charge in [-0.3, -0.25) is 4.79 Å². The Labute approximate surface area is 98.8 Å². The maximum absolute atomic E-state index is 11.4. The van der Waals surface area contributed by atoms with Gasteiger partial charge in [0.1, 0.15) is 0 Å². The molecule has 0 fully saturated rings. The molecule has 0 aliphatic carbocycles. The molecule has 0 radical (unpaired) electrons. The van der Waals surface area contributed by atoms with Crippen molar-refractivity contribution in [3.05, 3.63) is 28.2 Å². The Balaban J connectivity index is 2.64. The Bertz CT molecular complexity index is 355. The van der Waals surface area contributed by atoms with E-state index in [1.807, 2.05) is 0 Å². The van der Waals surface area contributed by atoms with Crippen LogP contribution in [0.1, 0.15) is 6.42 Å². The summed E-state index contributed by atoms with van der Waals surface area (Å²) in [6.07, 6.45) is 0.402. The van der Waals surface area contributed by atoms with Crippen LogP contribution in [0, 0.1) is 0 Å². The third kappa shape index (κ3) is 3.70. The summed E-state index contributed by atoms with van der Waals surface area (Å²) in [4.78, 5) is 11.4. The number of hydrogen-bond donors (Lipinski definition) is 2. The van der Waals surface area contributed by atoms with Crippen LogP contribution in [0.4, 0.5) is 5.69 Å². The second kappa shape index (κ2) is 5.95. The first-order chi connectivity index (χ1) is 7.15. The fourth-order valence-electron chi connectivity index (χ4n) is 1.05. The van der Waals surface area contributed by atoms with E-state index in [0.717, 1.165) is 0 Å². The third-order valence-corrected chi connectivity index (χ3v) is 2.65. The molecule has 0 bridgehead atoms. The van der Waals surface area contributed by atoms with Gasteiger partial charge in [0.25, 0.3) is 0 Å². The molecule has 0 aliphatic rings. The smallest absolute Gasteiger partial charge is 0.225 e. The zero-order valence-electron chi connectivity index (χ0n) is 8.31. The minimum Gasteiger partial charge on any atom is -0.325 e. The number of anilines is 1. The molecule has 1 aromatic carbocycles. The third-order valence-electron chi connectivity index (χ3n) is 1.83. The lowest BCUT2D eigenvalue weighted by molar-refractivity contribution is -0.116. The molecule has 1 rings (SSSR count). The zero-order valence-corrected chi connectivity index (χ0v) is 9.82. The first-order valence-electron chi connectivity index (χ1n) is 4.53. The minimum absolute atomic E-state index is 0.0893. The Hall–Kier alpha value is -0.770. The molecule has 0 atom stereocenters. The SMILES string of the molecule is CNCCC(=O)Nc1cccc(Cl)c1Cl. The van der Waals surface area contributed by atoms with Crippen molar-refractivity contribution in [2.45, 2.75) is 6.42 Å². The van der Waals surface area contributed by atoms with E-state index >= 15 is 0 Å². The highest BCUT2D eigenvalue weighted by Gasteiger charge is 2.07. The predicted octanol–water partition coefficient (Wildman–Crippen LogP) is 2.54. The van der Waals surface area contributed by atoms with Crippen molar-refractivity contribution in [3.63, 3.8) is 0 Å². The van der Waals surface area contributed by atoms with Crippen molar-refractivity contribution >= 4 is 34.8 Å². The molecule has 82 valence electrons. The number of nitrogens with one attached hydrogen (secondary N) is 2. The highest BCUT2D eigenvalue weighted by Crippen LogP contribution is 2.29. The lowest BCUT2D eigenvalue weighted by atomic mass is 10.3. The normalized spacial score (nSPS) is 10.1. The van der Waals surface area contributed by atoms with E-state index in [1.165, 1.54) is 0 Å². The lowest BCUT2D eigenvalue weighted by Gasteiger charge is -2.07. The van der Waals surface area contributed by atoms with Crippen molar-refractivity contribution in [1.82, 2.24) is 5.32 Å². The summed E-state index contributed by atoms with van der Waals surface area (Å²) in [5, 5.41) is 6.39. The molecule has 1 amide bonds. The molecular weight excluding hydrogens is 235 g/mol. The summed E-state index contributed by atoms with van der Waals surface area (Å²) in [6, 6.07) is 5.13. The molecule has 2 N–H and O–H groups in total. The van der Waals surface area contributed by atoms with Gasteiger partial charge in [-0.2, -0.15) is 0 Å². The molecule has 15 heavy (non-hydrogen) atoms. The zero-order chi connectivity index (χ0) is 11.3. The van der Waals surface area contributed by atoms with E-state index in [4.69, 9.17) is 23.2 Å². The summed E-state index contributed by atoms with van der Waals surface area (Å²) in [5.74, 6) is -0.0893. The maximum atomic E-state index is 11.4. The molecule has 0 spiro atoms. The molecule has 0 aliphatic heterocycles. The number of carbonyl (C=O) groups excluding carboxylic acids is 1. The first-order valence-corrected chi connectivity index (χ1v) is 5.29. The van der Waals surface area contributed by atoms with Crippen molar-refractivity contribution in [2.75, 3.05) is 18.9 Å². The van der Waals surface area contributed by atoms with Gasteiger partial charge >= 0.3 is 0 Å².